The number of nitrogens with one attached hydrogen (secondary N) is 3. The van der Waals surface area contributed by atoms with E-state index in [0.29, 0.717) is 23.6 Å². The Labute approximate surface area is 346 Å². The van der Waals surface area contributed by atoms with Crippen LogP contribution in [0.25, 0.3) is 22.3 Å². The lowest BCUT2D eigenvalue weighted by molar-refractivity contribution is -0.142. The summed E-state index contributed by atoms with van der Waals surface area (Å²) < 4.78 is 26.4. The molecule has 3 heterocycles. The maximum Gasteiger partial charge on any atom is 0.408 e. The lowest BCUT2D eigenvalue weighted by Gasteiger charge is -2.36. The number of fused-ring (bicyclic) bond motifs is 1. The van der Waals surface area contributed by atoms with Gasteiger partial charge in [-0.2, -0.15) is 0 Å². The molecule has 1 aromatic carbocycles. The van der Waals surface area contributed by atoms with Crippen molar-refractivity contribution in [1.82, 2.24) is 25.5 Å². The van der Waals surface area contributed by atoms with Gasteiger partial charge >= 0.3 is 6.09 Å². The Morgan fingerprint density at radius 3 is 2.50 bits per heavy atom. The summed E-state index contributed by atoms with van der Waals surface area (Å²) in [5.74, 6) is -0.863. The number of nitrogens with zero attached hydrogens (tertiary/aromatic N) is 3. The van der Waals surface area contributed by atoms with Crippen molar-refractivity contribution in [1.29, 1.82) is 0 Å². The zero-order valence-corrected chi connectivity index (χ0v) is 36.7. The second kappa shape index (κ2) is 17.7. The molecular formula is C43H61N6O7PS. The average Bonchev–Trinajstić information content (AvgIpc) is 3.57. The van der Waals surface area contributed by atoms with Gasteiger partial charge < -0.3 is 35.2 Å². The van der Waals surface area contributed by atoms with Crippen LogP contribution in [0.1, 0.15) is 105 Å². The number of ether oxygens (including phenoxy) is 2. The molecule has 6 atom stereocenters. The molecule has 58 heavy (non-hydrogen) atoms. The Morgan fingerprint density at radius 2 is 1.86 bits per heavy atom. The smallest absolute Gasteiger partial charge is 0.408 e. The van der Waals surface area contributed by atoms with E-state index in [-0.39, 0.29) is 43.6 Å². The van der Waals surface area contributed by atoms with Crippen molar-refractivity contribution in [2.45, 2.75) is 142 Å². The van der Waals surface area contributed by atoms with Crippen molar-refractivity contribution >= 4 is 52.6 Å². The predicted molar refractivity (Wildman–Crippen MR) is 229 cm³/mol. The summed E-state index contributed by atoms with van der Waals surface area (Å²) in [5.41, 5.74) is 2.39. The molecule has 2 aromatic heterocycles. The molecule has 2 aliphatic carbocycles. The summed E-state index contributed by atoms with van der Waals surface area (Å²) in [7, 11) is -3.86. The third kappa shape index (κ3) is 9.55. The Morgan fingerprint density at radius 1 is 1.12 bits per heavy atom. The molecule has 1 unspecified atom stereocenters. The van der Waals surface area contributed by atoms with Crippen molar-refractivity contribution in [3.63, 3.8) is 0 Å². The third-order valence-corrected chi connectivity index (χ3v) is 15.1. The number of carbonyl (C=O) groups excluding carboxylic acids is 3. The molecule has 0 radical (unpaired) electrons. The van der Waals surface area contributed by atoms with Gasteiger partial charge in [0.1, 0.15) is 41.0 Å². The van der Waals surface area contributed by atoms with E-state index < -0.39 is 54.2 Å². The van der Waals surface area contributed by atoms with E-state index in [9.17, 15) is 23.8 Å². The number of hydrogen-bond acceptors (Lipinski definition) is 10. The fourth-order valence-electron chi connectivity index (χ4n) is 8.13. The molecule has 0 spiro atoms. The van der Waals surface area contributed by atoms with Crippen LogP contribution in [-0.2, 0) is 25.3 Å². The quantitative estimate of drug-likeness (QED) is 0.0813. The minimum Gasteiger partial charge on any atom is -0.488 e. The summed E-state index contributed by atoms with van der Waals surface area (Å²) in [6.45, 7) is 17.6. The van der Waals surface area contributed by atoms with Crippen molar-refractivity contribution in [2.75, 3.05) is 18.0 Å². The number of thiazole rings is 1. The first-order valence-corrected chi connectivity index (χ1v) is 23.6. The van der Waals surface area contributed by atoms with Gasteiger partial charge in [0.15, 0.2) is 5.13 Å². The van der Waals surface area contributed by atoms with Gasteiger partial charge in [0.25, 0.3) is 0 Å². The fraction of sp³-hybridized carbons (Fsp3) is 0.605. The molecular weight excluding hydrogens is 776 g/mol. The molecule has 1 aliphatic heterocycles. The molecule has 0 bridgehead atoms. The standard InChI is InChI=1S/C43H61N6O7PS/c1-9-12-19-57(53,54)43(23-28(43)11-3)48-38(50)35-21-30(24-49(35)39(51)37(42(6,7)8)47-41(52)56-29-15-13-14-16-29)55-36-22-33(34-25-58-40(46-34)44-26(4)5)45-32-20-27(10-2)17-18-31(32)36/h11,17-18,20,22,25-26,28-30,35,37H,3,9-10,12-16,19,21,23-24H2,1-2,4-8H3,(H,44,46)(H,47,52)(H,48,50)(H,53,54)/t28-,30-,35+,37-,43+/m1/s1. The molecule has 3 amide bonds. The number of anilines is 1. The first-order chi connectivity index (χ1) is 27.5. The molecule has 15 heteroatoms. The summed E-state index contributed by atoms with van der Waals surface area (Å²) in [6.07, 6.45) is 6.13. The van der Waals surface area contributed by atoms with Gasteiger partial charge in [-0.05, 0) is 81.9 Å². The highest BCUT2D eigenvalue weighted by Gasteiger charge is 2.65. The van der Waals surface area contributed by atoms with Crippen molar-refractivity contribution in [2.24, 2.45) is 11.3 Å². The summed E-state index contributed by atoms with van der Waals surface area (Å²) >= 11 is 1.49. The van der Waals surface area contributed by atoms with Gasteiger partial charge in [-0.3, -0.25) is 14.2 Å². The Bertz CT molecular complexity index is 2040. The van der Waals surface area contributed by atoms with E-state index in [1.807, 2.05) is 57.3 Å². The maximum absolute atomic E-state index is 14.8. The topological polar surface area (TPSA) is 172 Å². The number of pyridine rings is 1. The van der Waals surface area contributed by atoms with Gasteiger partial charge in [0, 0.05) is 41.4 Å². The van der Waals surface area contributed by atoms with Crippen LogP contribution >= 0.6 is 18.7 Å². The monoisotopic (exact) mass is 836 g/mol. The van der Waals surface area contributed by atoms with Gasteiger partial charge in [-0.1, -0.05) is 53.2 Å². The van der Waals surface area contributed by atoms with Crippen LogP contribution in [0.2, 0.25) is 0 Å². The Hall–Kier alpha value is -4.00. The van der Waals surface area contributed by atoms with E-state index in [4.69, 9.17) is 19.4 Å². The number of hydrogen-bond donors (Lipinski definition) is 4. The number of benzene rings is 1. The molecule has 2 saturated carbocycles. The van der Waals surface area contributed by atoms with E-state index in [1.54, 1.807) is 6.08 Å². The minimum absolute atomic E-state index is 0.0265. The fourth-order valence-corrected chi connectivity index (χ4v) is 11.5. The van der Waals surface area contributed by atoms with Crippen molar-refractivity contribution in [3.8, 4) is 17.1 Å². The number of aromatic nitrogens is 2. The third-order valence-electron chi connectivity index (χ3n) is 11.6. The highest BCUT2D eigenvalue weighted by Crippen LogP contribution is 2.69. The second-order valence-electron chi connectivity index (χ2n) is 17.5. The Kier molecular flexibility index (Phi) is 13.3. The molecule has 13 nitrogen and oxygen atoms in total. The van der Waals surface area contributed by atoms with E-state index in [1.165, 1.54) is 16.2 Å². The summed E-state index contributed by atoms with van der Waals surface area (Å²) in [5, 5.41) is 11.3. The Balaban J connectivity index is 1.34. The van der Waals surface area contributed by atoms with Gasteiger partial charge in [-0.15, -0.1) is 17.9 Å². The van der Waals surface area contributed by atoms with Crippen LogP contribution in [-0.4, -0.2) is 86.0 Å². The molecule has 3 aromatic rings. The van der Waals surface area contributed by atoms with Gasteiger partial charge in [0.2, 0.25) is 19.2 Å². The van der Waals surface area contributed by atoms with Crippen LogP contribution in [0.4, 0.5) is 9.93 Å². The van der Waals surface area contributed by atoms with Crippen LogP contribution < -0.4 is 20.7 Å². The number of alkyl carbamates (subject to hydrolysis) is 1. The minimum atomic E-state index is -3.86. The molecule has 6 rings (SSSR count). The lowest BCUT2D eigenvalue weighted by Crippen LogP contribution is -2.58. The number of unbranched alkanes of at least 4 members (excludes halogenated alkanes) is 1. The first-order valence-electron chi connectivity index (χ1n) is 20.8. The first kappa shape index (κ1) is 43.6. The molecule has 4 N–H and O–H groups in total. The van der Waals surface area contributed by atoms with Gasteiger partial charge in [-0.25, -0.2) is 14.8 Å². The molecule has 316 valence electrons. The van der Waals surface area contributed by atoms with Crippen molar-refractivity contribution in [3.05, 3.63) is 47.9 Å². The molecule has 1 saturated heterocycles. The van der Waals surface area contributed by atoms with Crippen LogP contribution in [0, 0.1) is 11.3 Å². The molecule has 3 aliphatic rings. The number of rotatable bonds is 16. The number of aryl methyl sites for hydroxylation is 1. The maximum atomic E-state index is 14.8. The van der Waals surface area contributed by atoms with Gasteiger partial charge in [0.05, 0.1) is 17.8 Å². The highest BCUT2D eigenvalue weighted by atomic mass is 32.1. The number of likely N-dealkylation sites (tertiary alicyclic amines) is 1. The van der Waals surface area contributed by atoms with Crippen LogP contribution in [0.15, 0.2) is 42.3 Å². The number of carbonyl (C=O) groups is 3. The normalized spacial score (nSPS) is 23.7. The van der Waals surface area contributed by atoms with Crippen LogP contribution in [0.3, 0.4) is 0 Å². The zero-order chi connectivity index (χ0) is 42.0. The van der Waals surface area contributed by atoms with Crippen LogP contribution in [0.5, 0.6) is 5.75 Å². The largest absolute Gasteiger partial charge is 0.488 e. The van der Waals surface area contributed by atoms with E-state index in [2.05, 4.69) is 43.3 Å². The average molecular weight is 837 g/mol. The van der Waals surface area contributed by atoms with Crippen molar-refractivity contribution < 1.29 is 33.3 Å². The summed E-state index contributed by atoms with van der Waals surface area (Å²) in [6, 6.07) is 6.00. The highest BCUT2D eigenvalue weighted by molar-refractivity contribution is 7.60. The SMILES string of the molecule is C=C[C@@H]1C[C@]1(NC(=O)[C@@H]1C[C@@H](Oc2cc(-c3csc(NC(C)C)n3)nc3cc(CC)ccc23)CN1C(=O)[C@@H](NC(=O)OC1CCCC1)C(C)(C)C)P(=O)(O)CCCC. The second-order valence-corrected chi connectivity index (χ2v) is 21.0. The summed E-state index contributed by atoms with van der Waals surface area (Å²) in [4.78, 5) is 65.2. The predicted octanol–water partition coefficient (Wildman–Crippen LogP) is 8.26. The molecule has 3 fully saturated rings. The lowest BCUT2D eigenvalue weighted by atomic mass is 9.85. The van der Waals surface area contributed by atoms with E-state index in [0.717, 1.165) is 60.1 Å². The van der Waals surface area contributed by atoms with E-state index >= 15 is 0 Å². The number of amides is 3. The zero-order valence-electron chi connectivity index (χ0n) is 35.0.